The van der Waals surface area contributed by atoms with Gasteiger partial charge in [-0.25, -0.2) is 17.6 Å². The fourth-order valence-corrected chi connectivity index (χ4v) is 2.61. The van der Waals surface area contributed by atoms with Crippen LogP contribution in [0.2, 0.25) is 0 Å². The Bertz CT molecular complexity index is 505. The van der Waals surface area contributed by atoms with E-state index >= 15 is 0 Å². The van der Waals surface area contributed by atoms with Gasteiger partial charge in [0.1, 0.15) is 5.69 Å². The van der Waals surface area contributed by atoms with E-state index < -0.39 is 29.0 Å². The number of thioether (sulfide) groups is 1. The van der Waals surface area contributed by atoms with Crippen LogP contribution in [-0.2, 0) is 0 Å². The van der Waals surface area contributed by atoms with Gasteiger partial charge in [0.05, 0.1) is 6.54 Å². The third kappa shape index (κ3) is 2.86. The van der Waals surface area contributed by atoms with E-state index in [4.69, 9.17) is 0 Å². The molecule has 1 aliphatic rings. The molecule has 0 bridgehead atoms. The summed E-state index contributed by atoms with van der Waals surface area (Å²) in [5.41, 5.74) is -0.840. The molecule has 1 atom stereocenters. The molecule has 1 heterocycles. The standard InChI is InChI=1S/C12H12F4N2S/c1-5(2)8-4-17-12(19-8)18-11-9(15)6(13)3-7(14)10(11)16/h3,5,8H,4H2,1-2H3,(H,17,18). The van der Waals surface area contributed by atoms with E-state index in [-0.39, 0.29) is 16.5 Å². The molecule has 0 radical (unpaired) electrons. The highest BCUT2D eigenvalue weighted by molar-refractivity contribution is 8.15. The molecule has 0 fully saturated rings. The molecule has 1 N–H and O–H groups in total. The van der Waals surface area contributed by atoms with Crippen molar-refractivity contribution in [3.8, 4) is 0 Å². The van der Waals surface area contributed by atoms with Crippen LogP contribution in [0.1, 0.15) is 13.8 Å². The maximum Gasteiger partial charge on any atom is 0.185 e. The fourth-order valence-electron chi connectivity index (χ4n) is 1.60. The molecule has 0 amide bonds. The lowest BCUT2D eigenvalue weighted by molar-refractivity contribution is 0.459. The number of anilines is 1. The molecule has 1 unspecified atom stereocenters. The van der Waals surface area contributed by atoms with Gasteiger partial charge in [0.25, 0.3) is 0 Å². The zero-order valence-corrected chi connectivity index (χ0v) is 11.1. The van der Waals surface area contributed by atoms with Gasteiger partial charge in [-0.05, 0) is 5.92 Å². The monoisotopic (exact) mass is 292 g/mol. The molecule has 2 nitrogen and oxygen atoms in total. The number of aliphatic imine (C=N–C) groups is 1. The highest BCUT2D eigenvalue weighted by Crippen LogP contribution is 2.30. The number of nitrogens with one attached hydrogen (secondary N) is 1. The van der Waals surface area contributed by atoms with Crippen molar-refractivity contribution < 1.29 is 17.6 Å². The van der Waals surface area contributed by atoms with Crippen molar-refractivity contribution in [3.05, 3.63) is 29.3 Å². The van der Waals surface area contributed by atoms with Crippen molar-refractivity contribution >= 4 is 22.6 Å². The van der Waals surface area contributed by atoms with Gasteiger partial charge in [-0.2, -0.15) is 0 Å². The first-order valence-electron chi connectivity index (χ1n) is 5.71. The quantitative estimate of drug-likeness (QED) is 0.662. The average molecular weight is 292 g/mol. The average Bonchev–Trinajstić information content (AvgIpc) is 2.81. The Kier molecular flexibility index (Phi) is 4.03. The number of rotatable bonds is 2. The van der Waals surface area contributed by atoms with Crippen LogP contribution in [0.4, 0.5) is 23.2 Å². The van der Waals surface area contributed by atoms with Crippen LogP contribution in [-0.4, -0.2) is 17.0 Å². The van der Waals surface area contributed by atoms with Crippen molar-refractivity contribution in [1.29, 1.82) is 0 Å². The Morgan fingerprint density at radius 2 is 1.79 bits per heavy atom. The van der Waals surface area contributed by atoms with Gasteiger partial charge in [0, 0.05) is 11.3 Å². The molecule has 0 spiro atoms. The third-order valence-electron chi connectivity index (χ3n) is 2.77. The van der Waals surface area contributed by atoms with E-state index in [0.29, 0.717) is 12.5 Å². The summed E-state index contributed by atoms with van der Waals surface area (Å²) in [5.74, 6) is -5.44. The lowest BCUT2D eigenvalue weighted by Gasteiger charge is -2.13. The number of hydrogen-bond acceptors (Lipinski definition) is 3. The lowest BCUT2D eigenvalue weighted by atomic mass is 10.1. The van der Waals surface area contributed by atoms with Crippen molar-refractivity contribution in [2.24, 2.45) is 10.9 Å². The summed E-state index contributed by atoms with van der Waals surface area (Å²) < 4.78 is 52.9. The second-order valence-corrected chi connectivity index (χ2v) is 5.74. The minimum absolute atomic E-state index is 0.177. The van der Waals surface area contributed by atoms with Crippen molar-refractivity contribution in [2.75, 3.05) is 11.9 Å². The van der Waals surface area contributed by atoms with Crippen LogP contribution in [0.15, 0.2) is 11.1 Å². The first-order chi connectivity index (χ1) is 8.90. The smallest absolute Gasteiger partial charge is 0.185 e. The highest BCUT2D eigenvalue weighted by Gasteiger charge is 2.26. The summed E-state index contributed by atoms with van der Waals surface area (Å²) in [6.07, 6.45) is 0. The summed E-state index contributed by atoms with van der Waals surface area (Å²) in [5, 5.41) is 2.78. The lowest BCUT2D eigenvalue weighted by Crippen LogP contribution is -2.14. The van der Waals surface area contributed by atoms with Crippen molar-refractivity contribution in [3.63, 3.8) is 0 Å². The Morgan fingerprint density at radius 3 is 2.26 bits per heavy atom. The molecule has 0 saturated heterocycles. The van der Waals surface area contributed by atoms with Gasteiger partial charge in [-0.3, -0.25) is 4.99 Å². The summed E-state index contributed by atoms with van der Waals surface area (Å²) in [6, 6.07) is 0.177. The van der Waals surface area contributed by atoms with Gasteiger partial charge in [0.15, 0.2) is 28.4 Å². The van der Waals surface area contributed by atoms with Gasteiger partial charge in [-0.15, -0.1) is 0 Å². The summed E-state index contributed by atoms with van der Waals surface area (Å²) >= 11 is 1.30. The van der Waals surface area contributed by atoms with E-state index in [1.54, 1.807) is 0 Å². The number of amidine groups is 1. The second kappa shape index (κ2) is 5.40. The van der Waals surface area contributed by atoms with Crippen LogP contribution >= 0.6 is 11.8 Å². The first-order valence-corrected chi connectivity index (χ1v) is 6.59. The topological polar surface area (TPSA) is 24.4 Å². The Morgan fingerprint density at radius 1 is 1.21 bits per heavy atom. The molecule has 104 valence electrons. The molecule has 7 heteroatoms. The van der Waals surface area contributed by atoms with Crippen LogP contribution in [0, 0.1) is 29.2 Å². The molecule has 19 heavy (non-hydrogen) atoms. The molecule has 0 aliphatic carbocycles. The normalized spacial score (nSPS) is 18.9. The number of hydrogen-bond donors (Lipinski definition) is 1. The van der Waals surface area contributed by atoms with Gasteiger partial charge in [0.2, 0.25) is 0 Å². The molecule has 0 saturated carbocycles. The molecule has 2 rings (SSSR count). The van der Waals surface area contributed by atoms with E-state index in [0.717, 1.165) is 0 Å². The first kappa shape index (κ1) is 14.2. The van der Waals surface area contributed by atoms with E-state index in [9.17, 15) is 17.6 Å². The van der Waals surface area contributed by atoms with Crippen LogP contribution in [0.25, 0.3) is 0 Å². The third-order valence-corrected chi connectivity index (χ3v) is 4.22. The Hall–Kier alpha value is -1.24. The number of benzene rings is 1. The van der Waals surface area contributed by atoms with Crippen LogP contribution < -0.4 is 5.32 Å². The predicted octanol–water partition coefficient (Wildman–Crippen LogP) is 3.78. The number of halogens is 4. The van der Waals surface area contributed by atoms with Gasteiger partial charge in [-0.1, -0.05) is 25.6 Å². The Balaban J connectivity index is 2.21. The summed E-state index contributed by atoms with van der Waals surface area (Å²) in [6.45, 7) is 4.50. The second-order valence-electron chi connectivity index (χ2n) is 4.51. The summed E-state index contributed by atoms with van der Waals surface area (Å²) in [7, 11) is 0. The summed E-state index contributed by atoms with van der Waals surface area (Å²) in [4.78, 5) is 4.07. The maximum absolute atomic E-state index is 13.4. The number of nitrogens with zero attached hydrogens (tertiary/aromatic N) is 1. The molecule has 1 aromatic rings. The van der Waals surface area contributed by atoms with Crippen LogP contribution in [0.5, 0.6) is 0 Å². The van der Waals surface area contributed by atoms with Crippen molar-refractivity contribution in [1.82, 2.24) is 0 Å². The van der Waals surface area contributed by atoms with E-state index in [1.807, 2.05) is 13.8 Å². The fraction of sp³-hybridized carbons (Fsp3) is 0.417. The van der Waals surface area contributed by atoms with Gasteiger partial charge >= 0.3 is 0 Å². The van der Waals surface area contributed by atoms with Gasteiger partial charge < -0.3 is 5.32 Å². The zero-order valence-electron chi connectivity index (χ0n) is 10.3. The molecular weight excluding hydrogens is 280 g/mol. The van der Waals surface area contributed by atoms with E-state index in [2.05, 4.69) is 10.3 Å². The molecule has 0 aromatic heterocycles. The maximum atomic E-state index is 13.4. The predicted molar refractivity (Wildman–Crippen MR) is 68.4 cm³/mol. The van der Waals surface area contributed by atoms with Crippen LogP contribution in [0.3, 0.4) is 0 Å². The minimum atomic E-state index is -1.45. The largest absolute Gasteiger partial charge is 0.330 e. The SMILES string of the molecule is CC(C)C1CN=C(Nc2c(F)c(F)cc(F)c2F)S1. The van der Waals surface area contributed by atoms with Crippen molar-refractivity contribution in [2.45, 2.75) is 19.1 Å². The Labute approximate surface area is 112 Å². The van der Waals surface area contributed by atoms with E-state index in [1.165, 1.54) is 11.8 Å². The molecular formula is C12H12F4N2S. The zero-order chi connectivity index (χ0) is 14.2. The highest BCUT2D eigenvalue weighted by atomic mass is 32.2. The minimum Gasteiger partial charge on any atom is -0.330 e. The molecule has 1 aliphatic heterocycles. The molecule has 1 aromatic carbocycles.